The van der Waals surface area contributed by atoms with Crippen LogP contribution < -0.4 is 0 Å². The molecule has 0 amide bonds. The van der Waals surface area contributed by atoms with E-state index in [-0.39, 0.29) is 4.90 Å². The normalized spacial score (nSPS) is 32.0. The quantitative estimate of drug-likeness (QED) is 0.589. The topological polar surface area (TPSA) is 123 Å². The van der Waals surface area contributed by atoms with E-state index < -0.39 is 47.4 Å². The number of benzene rings is 1. The zero-order chi connectivity index (χ0) is 17.2. The number of rotatable bonds is 5. The molecule has 1 heterocycles. The molecular formula is C14H20O8S. The van der Waals surface area contributed by atoms with E-state index in [9.17, 15) is 18.6 Å². The van der Waals surface area contributed by atoms with Gasteiger partial charge >= 0.3 is 0 Å². The lowest BCUT2D eigenvalue weighted by molar-refractivity contribution is -0.288. The minimum atomic E-state index is -4.19. The van der Waals surface area contributed by atoms with Crippen LogP contribution in [-0.2, 0) is 23.8 Å². The molecule has 130 valence electrons. The van der Waals surface area contributed by atoms with Gasteiger partial charge in [-0.2, -0.15) is 8.42 Å². The molecule has 0 radical (unpaired) electrons. The Morgan fingerprint density at radius 2 is 1.78 bits per heavy atom. The van der Waals surface area contributed by atoms with E-state index in [0.717, 1.165) is 5.56 Å². The summed E-state index contributed by atoms with van der Waals surface area (Å²) in [6.07, 6.45) is -6.94. The predicted molar refractivity (Wildman–Crippen MR) is 78.0 cm³/mol. The fraction of sp³-hybridized carbons (Fsp3) is 0.571. The fourth-order valence-corrected chi connectivity index (χ4v) is 3.33. The predicted octanol–water partition coefficient (Wildman–Crippen LogP) is -0.846. The summed E-state index contributed by atoms with van der Waals surface area (Å²) in [5.74, 6) is 0. The third-order valence-electron chi connectivity index (χ3n) is 3.60. The van der Waals surface area contributed by atoms with E-state index in [2.05, 4.69) is 0 Å². The molecular weight excluding hydrogens is 328 g/mol. The highest BCUT2D eigenvalue weighted by molar-refractivity contribution is 7.86. The average Bonchev–Trinajstić information content (AvgIpc) is 2.52. The molecule has 1 aromatic carbocycles. The Labute approximate surface area is 134 Å². The van der Waals surface area contributed by atoms with E-state index in [1.807, 2.05) is 6.92 Å². The van der Waals surface area contributed by atoms with Gasteiger partial charge in [-0.3, -0.25) is 4.18 Å². The molecule has 9 heteroatoms. The minimum absolute atomic E-state index is 0.0936. The van der Waals surface area contributed by atoms with Gasteiger partial charge in [-0.05, 0) is 19.1 Å². The molecule has 0 bridgehead atoms. The van der Waals surface area contributed by atoms with Crippen molar-refractivity contribution < 1.29 is 37.4 Å². The second-order valence-corrected chi connectivity index (χ2v) is 6.84. The van der Waals surface area contributed by atoms with E-state index in [0.29, 0.717) is 0 Å². The van der Waals surface area contributed by atoms with Crippen LogP contribution in [-0.4, -0.2) is 68.2 Å². The molecule has 3 N–H and O–H groups in total. The number of methoxy groups -OCH3 is 1. The molecule has 1 fully saturated rings. The Balaban J connectivity index is 2.24. The number of aryl methyl sites for hydroxylation is 1. The van der Waals surface area contributed by atoms with Crippen molar-refractivity contribution in [1.82, 2.24) is 0 Å². The van der Waals surface area contributed by atoms with Crippen LogP contribution in [0.3, 0.4) is 0 Å². The van der Waals surface area contributed by atoms with Crippen molar-refractivity contribution in [3.05, 3.63) is 29.8 Å². The van der Waals surface area contributed by atoms with Gasteiger partial charge < -0.3 is 24.8 Å². The molecule has 1 aliphatic heterocycles. The Kier molecular flexibility index (Phi) is 5.74. The first kappa shape index (κ1) is 18.3. The molecule has 23 heavy (non-hydrogen) atoms. The van der Waals surface area contributed by atoms with Crippen LogP contribution in [0.1, 0.15) is 5.56 Å². The molecule has 1 aliphatic rings. The van der Waals surface area contributed by atoms with Gasteiger partial charge in [-0.1, -0.05) is 17.7 Å². The van der Waals surface area contributed by atoms with Gasteiger partial charge in [-0.15, -0.1) is 0 Å². The number of hydrogen-bond donors (Lipinski definition) is 3. The Bertz CT molecular complexity index is 612. The number of aliphatic hydroxyl groups is 3. The molecule has 0 saturated carbocycles. The van der Waals surface area contributed by atoms with Gasteiger partial charge in [0.2, 0.25) is 0 Å². The van der Waals surface area contributed by atoms with Crippen LogP contribution in [0.2, 0.25) is 0 Å². The van der Waals surface area contributed by atoms with E-state index >= 15 is 0 Å². The number of aliphatic hydroxyl groups excluding tert-OH is 3. The van der Waals surface area contributed by atoms with Gasteiger partial charge in [0, 0.05) is 7.11 Å². The largest absolute Gasteiger partial charge is 0.394 e. The summed E-state index contributed by atoms with van der Waals surface area (Å²) < 4.78 is 39.8. The molecule has 0 aromatic heterocycles. The third-order valence-corrected chi connectivity index (χ3v) is 4.93. The highest BCUT2D eigenvalue weighted by Crippen LogP contribution is 2.27. The van der Waals surface area contributed by atoms with Crippen LogP contribution in [0, 0.1) is 6.92 Å². The summed E-state index contributed by atoms with van der Waals surface area (Å²) in [5.41, 5.74) is 0.876. The molecule has 2 rings (SSSR count). The summed E-state index contributed by atoms with van der Waals surface area (Å²) in [6.45, 7) is 1.25. The second kappa shape index (κ2) is 7.22. The first-order valence-electron chi connectivity index (χ1n) is 6.95. The zero-order valence-electron chi connectivity index (χ0n) is 12.7. The summed E-state index contributed by atoms with van der Waals surface area (Å²) in [5, 5.41) is 29.0. The van der Waals surface area contributed by atoms with E-state index in [1.54, 1.807) is 12.1 Å². The highest BCUT2D eigenvalue weighted by Gasteiger charge is 2.47. The number of hydrogen-bond acceptors (Lipinski definition) is 8. The van der Waals surface area contributed by atoms with Gasteiger partial charge in [0.15, 0.2) is 12.4 Å². The smallest absolute Gasteiger partial charge is 0.297 e. The molecule has 0 aliphatic carbocycles. The first-order chi connectivity index (χ1) is 10.8. The Morgan fingerprint density at radius 1 is 1.17 bits per heavy atom. The van der Waals surface area contributed by atoms with Gasteiger partial charge in [0.1, 0.15) is 18.3 Å². The van der Waals surface area contributed by atoms with Gasteiger partial charge in [0.25, 0.3) is 10.1 Å². The monoisotopic (exact) mass is 348 g/mol. The standard InChI is InChI=1S/C14H20O8S/c1-8-3-5-9(6-4-8)23(18,19)22-13-12(17)11(16)10(7-15)21-14(13)20-2/h3-6,10-17H,7H2,1-2H3/t10-,11+,12-,13-,14-/m0/s1. The summed E-state index contributed by atoms with van der Waals surface area (Å²) in [7, 11) is -2.96. The van der Waals surface area contributed by atoms with Crippen LogP contribution in [0.5, 0.6) is 0 Å². The van der Waals surface area contributed by atoms with Crippen molar-refractivity contribution in [2.45, 2.75) is 42.5 Å². The van der Waals surface area contributed by atoms with Crippen LogP contribution >= 0.6 is 0 Å². The van der Waals surface area contributed by atoms with Crippen molar-refractivity contribution in [3.63, 3.8) is 0 Å². The maximum absolute atomic E-state index is 12.3. The molecule has 5 atom stereocenters. The SMILES string of the molecule is CO[C@H]1O[C@@H](CO)[C@@H](O)[C@H](O)[C@@H]1OS(=O)(=O)c1ccc(C)cc1. The fourth-order valence-electron chi connectivity index (χ4n) is 2.26. The summed E-state index contributed by atoms with van der Waals surface area (Å²) in [4.78, 5) is -0.0936. The van der Waals surface area contributed by atoms with Gasteiger partial charge in [-0.25, -0.2) is 0 Å². The third kappa shape index (κ3) is 3.89. The highest BCUT2D eigenvalue weighted by atomic mass is 32.2. The maximum atomic E-state index is 12.3. The van der Waals surface area contributed by atoms with Crippen molar-refractivity contribution in [3.8, 4) is 0 Å². The molecule has 0 spiro atoms. The lowest BCUT2D eigenvalue weighted by atomic mass is 9.99. The lowest BCUT2D eigenvalue weighted by Gasteiger charge is -2.40. The Hall–Kier alpha value is -1.07. The summed E-state index contributed by atoms with van der Waals surface area (Å²) in [6, 6.07) is 5.95. The number of ether oxygens (including phenoxy) is 2. The lowest BCUT2D eigenvalue weighted by Crippen LogP contribution is -2.60. The van der Waals surface area contributed by atoms with E-state index in [4.69, 9.17) is 18.8 Å². The molecule has 8 nitrogen and oxygen atoms in total. The minimum Gasteiger partial charge on any atom is -0.394 e. The van der Waals surface area contributed by atoms with Crippen molar-refractivity contribution in [2.24, 2.45) is 0 Å². The van der Waals surface area contributed by atoms with Crippen molar-refractivity contribution >= 4 is 10.1 Å². The molecule has 1 saturated heterocycles. The van der Waals surface area contributed by atoms with Crippen LogP contribution in [0.15, 0.2) is 29.2 Å². The van der Waals surface area contributed by atoms with Crippen molar-refractivity contribution in [1.29, 1.82) is 0 Å². The van der Waals surface area contributed by atoms with Gasteiger partial charge in [0.05, 0.1) is 11.5 Å². The van der Waals surface area contributed by atoms with Crippen LogP contribution in [0.25, 0.3) is 0 Å². The van der Waals surface area contributed by atoms with Crippen molar-refractivity contribution in [2.75, 3.05) is 13.7 Å². The second-order valence-electron chi connectivity index (χ2n) is 5.27. The average molecular weight is 348 g/mol. The van der Waals surface area contributed by atoms with E-state index in [1.165, 1.54) is 19.2 Å². The van der Waals surface area contributed by atoms with Crippen LogP contribution in [0.4, 0.5) is 0 Å². The zero-order valence-corrected chi connectivity index (χ0v) is 13.5. The Morgan fingerprint density at radius 3 is 2.30 bits per heavy atom. The molecule has 0 unspecified atom stereocenters. The summed E-state index contributed by atoms with van der Waals surface area (Å²) >= 11 is 0. The first-order valence-corrected chi connectivity index (χ1v) is 8.36. The maximum Gasteiger partial charge on any atom is 0.297 e. The molecule has 1 aromatic rings.